The Hall–Kier alpha value is -4.23. The molecule has 6 nitrogen and oxygen atoms in total. The first-order valence-electron chi connectivity index (χ1n) is 14.2. The molecule has 1 aromatic heterocycles. The minimum Gasteiger partial charge on any atom is -0.513 e. The molecule has 208 valence electrons. The predicted octanol–water partition coefficient (Wildman–Crippen LogP) is 7.93. The molecule has 1 saturated carbocycles. The van der Waals surface area contributed by atoms with E-state index in [4.69, 9.17) is 4.98 Å². The number of amides is 1. The molecule has 41 heavy (non-hydrogen) atoms. The number of aliphatic hydroxyl groups is 1. The molecule has 0 atom stereocenters. The van der Waals surface area contributed by atoms with Crippen LogP contribution in [0.1, 0.15) is 81.2 Å². The highest BCUT2D eigenvalue weighted by Gasteiger charge is 2.32. The maximum absolute atomic E-state index is 13.1. The Morgan fingerprint density at radius 2 is 1.68 bits per heavy atom. The number of benzene rings is 3. The number of anilines is 2. The van der Waals surface area contributed by atoms with Crippen LogP contribution in [0.25, 0.3) is 11.3 Å². The highest BCUT2D eigenvalue weighted by Crippen LogP contribution is 2.44. The fraction of sp³-hybridized carbons (Fsp3) is 0.265. The number of aliphatic hydroxyl groups excluding tert-OH is 1. The van der Waals surface area contributed by atoms with Crippen LogP contribution in [0.4, 0.5) is 10.8 Å². The van der Waals surface area contributed by atoms with Gasteiger partial charge >= 0.3 is 0 Å². The lowest BCUT2D eigenvalue weighted by Crippen LogP contribution is -2.24. The van der Waals surface area contributed by atoms with Gasteiger partial charge in [0.25, 0.3) is 5.91 Å². The average molecular weight is 564 g/mol. The van der Waals surface area contributed by atoms with Gasteiger partial charge in [-0.15, -0.1) is 0 Å². The minimum atomic E-state index is -0.193. The number of ketones is 1. The molecule has 7 heteroatoms. The summed E-state index contributed by atoms with van der Waals surface area (Å²) in [6.07, 6.45) is 6.74. The molecule has 2 aliphatic carbocycles. The van der Waals surface area contributed by atoms with Crippen LogP contribution in [0.5, 0.6) is 0 Å². The largest absolute Gasteiger partial charge is 0.513 e. The Balaban J connectivity index is 1.28. The van der Waals surface area contributed by atoms with Crippen molar-refractivity contribution < 1.29 is 14.7 Å². The Bertz CT molecular complexity index is 1580. The summed E-state index contributed by atoms with van der Waals surface area (Å²) in [7, 11) is 0. The van der Waals surface area contributed by atoms with Gasteiger partial charge in [-0.05, 0) is 54.2 Å². The number of hydrogen-bond donors (Lipinski definition) is 2. The van der Waals surface area contributed by atoms with E-state index in [-0.39, 0.29) is 17.4 Å². The monoisotopic (exact) mass is 563 g/mol. The number of aromatic nitrogens is 1. The molecule has 0 radical (unpaired) electrons. The number of rotatable bonds is 9. The average Bonchev–Trinajstić information content (AvgIpc) is 3.55. The summed E-state index contributed by atoms with van der Waals surface area (Å²) in [6.45, 7) is 4.32. The number of thiazole rings is 1. The Labute approximate surface area is 244 Å². The third-order valence-corrected chi connectivity index (χ3v) is 9.09. The van der Waals surface area contributed by atoms with Gasteiger partial charge in [0.15, 0.2) is 5.13 Å². The molecule has 0 aliphatic heterocycles. The number of carbonyl (C=O) groups excluding carboxylic acids is 2. The summed E-state index contributed by atoms with van der Waals surface area (Å²) in [5.41, 5.74) is 6.34. The first-order valence-corrected chi connectivity index (χ1v) is 15.1. The van der Waals surface area contributed by atoms with Gasteiger partial charge in [0.05, 0.1) is 18.0 Å². The quantitative estimate of drug-likeness (QED) is 0.178. The molecule has 1 fully saturated rings. The van der Waals surface area contributed by atoms with Crippen molar-refractivity contribution in [3.63, 3.8) is 0 Å². The van der Waals surface area contributed by atoms with Gasteiger partial charge in [-0.2, -0.15) is 0 Å². The molecule has 6 rings (SSSR count). The zero-order chi connectivity index (χ0) is 28.3. The van der Waals surface area contributed by atoms with Gasteiger partial charge in [-0.1, -0.05) is 85.7 Å². The highest BCUT2D eigenvalue weighted by molar-refractivity contribution is 7.18. The van der Waals surface area contributed by atoms with Crippen LogP contribution >= 0.6 is 11.3 Å². The van der Waals surface area contributed by atoms with E-state index in [9.17, 15) is 14.7 Å². The van der Waals surface area contributed by atoms with Crippen molar-refractivity contribution in [3.05, 3.63) is 112 Å². The first-order chi connectivity index (χ1) is 20.0. The van der Waals surface area contributed by atoms with Crippen LogP contribution in [0.3, 0.4) is 0 Å². The van der Waals surface area contributed by atoms with Gasteiger partial charge in [0, 0.05) is 35.3 Å². The summed E-state index contributed by atoms with van der Waals surface area (Å²) in [5, 5.41) is 12.8. The van der Waals surface area contributed by atoms with Gasteiger partial charge in [0.1, 0.15) is 4.88 Å². The molecule has 3 aromatic carbocycles. The van der Waals surface area contributed by atoms with Crippen LogP contribution in [-0.2, 0) is 6.54 Å². The lowest BCUT2D eigenvalue weighted by molar-refractivity contribution is 0.0952. The summed E-state index contributed by atoms with van der Waals surface area (Å²) in [5.74, 6) is 0.512. The van der Waals surface area contributed by atoms with E-state index in [1.807, 2.05) is 48.5 Å². The van der Waals surface area contributed by atoms with Crippen molar-refractivity contribution in [1.29, 1.82) is 0 Å². The van der Waals surface area contributed by atoms with E-state index in [2.05, 4.69) is 41.1 Å². The zero-order valence-electron chi connectivity index (χ0n) is 22.9. The van der Waals surface area contributed by atoms with E-state index in [1.165, 1.54) is 49.0 Å². The third-order valence-electron chi connectivity index (χ3n) is 8.02. The van der Waals surface area contributed by atoms with Crippen molar-refractivity contribution in [2.24, 2.45) is 0 Å². The Kier molecular flexibility index (Phi) is 7.70. The smallest absolute Gasteiger partial charge is 0.251 e. The second kappa shape index (κ2) is 11.7. The number of carbonyl (C=O) groups is 2. The van der Waals surface area contributed by atoms with Crippen LogP contribution in [0.15, 0.2) is 85.1 Å². The summed E-state index contributed by atoms with van der Waals surface area (Å²) < 4.78 is 0. The second-order valence-electron chi connectivity index (χ2n) is 10.8. The van der Waals surface area contributed by atoms with Gasteiger partial charge in [0.2, 0.25) is 5.78 Å². The number of nitrogens with one attached hydrogen (secondary N) is 1. The van der Waals surface area contributed by atoms with Crippen molar-refractivity contribution in [3.8, 4) is 11.3 Å². The maximum atomic E-state index is 13.1. The molecule has 0 unspecified atom stereocenters. The van der Waals surface area contributed by atoms with Crippen molar-refractivity contribution in [2.45, 2.75) is 51.0 Å². The lowest BCUT2D eigenvalue weighted by atomic mass is 9.84. The van der Waals surface area contributed by atoms with Crippen molar-refractivity contribution >= 4 is 33.8 Å². The molecule has 2 N–H and O–H groups in total. The third kappa shape index (κ3) is 5.68. The molecule has 1 amide bonds. The summed E-state index contributed by atoms with van der Waals surface area (Å²) in [6, 6.07) is 24.0. The number of nitrogens with zero attached hydrogens (tertiary/aromatic N) is 2. The SMILES string of the molecule is C=C(O)CCNC(=O)c1ccc(CN(c2ccc(C3CCCCC3)cc2)c2nc3c(s2)C(=O)c2ccccc2-3)cc1. The highest BCUT2D eigenvalue weighted by atomic mass is 32.1. The Morgan fingerprint density at radius 3 is 2.39 bits per heavy atom. The number of fused-ring (bicyclic) bond motifs is 3. The topological polar surface area (TPSA) is 82.5 Å². The van der Waals surface area contributed by atoms with Crippen LogP contribution in [0, 0.1) is 0 Å². The van der Waals surface area contributed by atoms with Crippen molar-refractivity contribution in [2.75, 3.05) is 11.4 Å². The van der Waals surface area contributed by atoms with E-state index >= 15 is 0 Å². The van der Waals surface area contributed by atoms with Crippen LogP contribution < -0.4 is 10.2 Å². The molecule has 4 aromatic rings. The molecular weight excluding hydrogens is 530 g/mol. The molecule has 2 aliphatic rings. The van der Waals surface area contributed by atoms with Gasteiger partial charge in [-0.3, -0.25) is 9.59 Å². The van der Waals surface area contributed by atoms with E-state index in [0.717, 1.165) is 27.6 Å². The lowest BCUT2D eigenvalue weighted by Gasteiger charge is -2.25. The van der Waals surface area contributed by atoms with Gasteiger partial charge in [-0.25, -0.2) is 4.98 Å². The Morgan fingerprint density at radius 1 is 0.976 bits per heavy atom. The maximum Gasteiger partial charge on any atom is 0.251 e. The molecule has 0 saturated heterocycles. The standard InChI is InChI=1S/C34H33N3O3S/c1-22(38)19-20-35-33(40)26-13-11-23(12-14-26)21-37(27-17-15-25(16-18-27)24-7-3-2-4-8-24)34-36-30-28-9-5-6-10-29(28)31(39)32(30)41-34/h5-6,9-18,24,38H,1-4,7-8,19-21H2,(H,35,40). The molecule has 0 spiro atoms. The molecular formula is C34H33N3O3S. The summed E-state index contributed by atoms with van der Waals surface area (Å²) in [4.78, 5) is 33.5. The predicted molar refractivity (Wildman–Crippen MR) is 164 cm³/mol. The van der Waals surface area contributed by atoms with E-state index in [0.29, 0.717) is 41.4 Å². The van der Waals surface area contributed by atoms with Crippen molar-refractivity contribution in [1.82, 2.24) is 10.3 Å². The first kappa shape index (κ1) is 27.0. The van der Waals surface area contributed by atoms with E-state index in [1.54, 1.807) is 0 Å². The van der Waals surface area contributed by atoms with E-state index < -0.39 is 0 Å². The van der Waals surface area contributed by atoms with Gasteiger partial charge < -0.3 is 15.3 Å². The summed E-state index contributed by atoms with van der Waals surface area (Å²) >= 11 is 1.43. The number of hydrogen-bond acceptors (Lipinski definition) is 6. The fourth-order valence-corrected chi connectivity index (χ4v) is 6.82. The minimum absolute atomic E-state index is 0.0343. The van der Waals surface area contributed by atoms with Crippen LogP contribution in [0.2, 0.25) is 0 Å². The molecule has 1 heterocycles. The van der Waals surface area contributed by atoms with Crippen LogP contribution in [-0.4, -0.2) is 28.3 Å². The second-order valence-corrected chi connectivity index (χ2v) is 11.8. The normalized spacial score (nSPS) is 14.4. The molecule has 0 bridgehead atoms. The fourth-order valence-electron chi connectivity index (χ4n) is 5.77. The zero-order valence-corrected chi connectivity index (χ0v) is 23.8.